The number of nitrogens with one attached hydrogen (secondary N) is 1. The first-order chi connectivity index (χ1) is 7.87. The van der Waals surface area contributed by atoms with E-state index in [-0.39, 0.29) is 12.6 Å². The van der Waals surface area contributed by atoms with E-state index < -0.39 is 18.9 Å². The number of alkyl carbamates (subject to hydrolysis) is 1. The lowest BCUT2D eigenvalue weighted by Crippen LogP contribution is -2.46. The van der Waals surface area contributed by atoms with Gasteiger partial charge in [-0.05, 0) is 7.05 Å². The van der Waals surface area contributed by atoms with Gasteiger partial charge in [0.1, 0.15) is 0 Å². The molecule has 0 spiro atoms. The highest BCUT2D eigenvalue weighted by Gasteiger charge is 2.29. The Morgan fingerprint density at radius 1 is 1.59 bits per heavy atom. The summed E-state index contributed by atoms with van der Waals surface area (Å²) in [5, 5.41) is 2.23. The van der Waals surface area contributed by atoms with E-state index in [9.17, 15) is 18.0 Å². The largest absolute Gasteiger partial charge is 0.440 e. The van der Waals surface area contributed by atoms with Crippen molar-refractivity contribution < 1.29 is 27.4 Å². The van der Waals surface area contributed by atoms with E-state index in [2.05, 4.69) is 10.1 Å². The Bertz CT molecular complexity index is 260. The summed E-state index contributed by atoms with van der Waals surface area (Å²) >= 11 is 0. The van der Waals surface area contributed by atoms with Crippen LogP contribution in [0.3, 0.4) is 0 Å². The molecule has 0 aromatic rings. The highest BCUT2D eigenvalue weighted by Crippen LogP contribution is 2.14. The van der Waals surface area contributed by atoms with Gasteiger partial charge in [-0.15, -0.1) is 0 Å². The van der Waals surface area contributed by atoms with Crippen LogP contribution in [0.2, 0.25) is 0 Å². The third kappa shape index (κ3) is 6.32. The second kappa shape index (κ2) is 6.06. The van der Waals surface area contributed by atoms with Gasteiger partial charge in [-0.2, -0.15) is 13.2 Å². The predicted molar refractivity (Wildman–Crippen MR) is 52.6 cm³/mol. The summed E-state index contributed by atoms with van der Waals surface area (Å²) in [5.41, 5.74) is 0. The normalized spacial score (nSPS) is 22.2. The first-order valence-electron chi connectivity index (χ1n) is 5.14. The Kier molecular flexibility index (Phi) is 5.01. The zero-order valence-electron chi connectivity index (χ0n) is 9.42. The van der Waals surface area contributed by atoms with Crippen LogP contribution in [0, 0.1) is 0 Å². The van der Waals surface area contributed by atoms with Crippen molar-refractivity contribution >= 4 is 6.09 Å². The SMILES string of the molecule is CN1CCOC(CNC(=O)OCC(F)(F)F)C1. The number of nitrogens with zero attached hydrogens (tertiary/aromatic N) is 1. The maximum absolute atomic E-state index is 11.7. The van der Waals surface area contributed by atoms with E-state index in [4.69, 9.17) is 4.74 Å². The third-order valence-electron chi connectivity index (χ3n) is 2.18. The van der Waals surface area contributed by atoms with Crippen LogP contribution < -0.4 is 5.32 Å². The molecule has 1 amide bonds. The number of carbonyl (C=O) groups is 1. The lowest BCUT2D eigenvalue weighted by atomic mass is 10.3. The van der Waals surface area contributed by atoms with Crippen LogP contribution >= 0.6 is 0 Å². The number of carbonyl (C=O) groups excluding carboxylic acids is 1. The van der Waals surface area contributed by atoms with Crippen molar-refractivity contribution in [3.8, 4) is 0 Å². The summed E-state index contributed by atoms with van der Waals surface area (Å²) in [4.78, 5) is 12.9. The summed E-state index contributed by atoms with van der Waals surface area (Å²) < 4.78 is 44.5. The Hall–Kier alpha value is -1.02. The maximum Gasteiger partial charge on any atom is 0.422 e. The molecular formula is C9H15F3N2O3. The van der Waals surface area contributed by atoms with E-state index in [0.717, 1.165) is 6.54 Å². The number of hydrogen-bond acceptors (Lipinski definition) is 4. The van der Waals surface area contributed by atoms with Gasteiger partial charge in [-0.3, -0.25) is 0 Å². The lowest BCUT2D eigenvalue weighted by molar-refractivity contribution is -0.160. The van der Waals surface area contributed by atoms with E-state index in [1.54, 1.807) is 0 Å². The van der Waals surface area contributed by atoms with Gasteiger partial charge in [0.15, 0.2) is 6.61 Å². The Morgan fingerprint density at radius 3 is 2.88 bits per heavy atom. The molecule has 1 aliphatic heterocycles. The topological polar surface area (TPSA) is 50.8 Å². The van der Waals surface area contributed by atoms with Crippen LogP contribution in [-0.2, 0) is 9.47 Å². The minimum Gasteiger partial charge on any atom is -0.440 e. The van der Waals surface area contributed by atoms with E-state index in [0.29, 0.717) is 13.2 Å². The number of morpholine rings is 1. The van der Waals surface area contributed by atoms with Gasteiger partial charge >= 0.3 is 12.3 Å². The van der Waals surface area contributed by atoms with E-state index >= 15 is 0 Å². The highest BCUT2D eigenvalue weighted by molar-refractivity contribution is 5.67. The van der Waals surface area contributed by atoms with E-state index in [1.807, 2.05) is 11.9 Å². The molecule has 0 aromatic heterocycles. The number of ether oxygens (including phenoxy) is 2. The Morgan fingerprint density at radius 2 is 2.29 bits per heavy atom. The fourth-order valence-electron chi connectivity index (χ4n) is 1.39. The number of hydrogen-bond donors (Lipinski definition) is 1. The second-order valence-corrected chi connectivity index (χ2v) is 3.83. The number of amides is 1. The summed E-state index contributed by atoms with van der Waals surface area (Å²) in [6, 6.07) is 0. The van der Waals surface area contributed by atoms with Crippen molar-refractivity contribution in [1.82, 2.24) is 10.2 Å². The molecule has 5 nitrogen and oxygen atoms in total. The van der Waals surface area contributed by atoms with Gasteiger partial charge < -0.3 is 19.7 Å². The minimum atomic E-state index is -4.50. The molecule has 1 atom stereocenters. The highest BCUT2D eigenvalue weighted by atomic mass is 19.4. The van der Waals surface area contributed by atoms with Crippen LogP contribution in [0.25, 0.3) is 0 Å². The fraction of sp³-hybridized carbons (Fsp3) is 0.889. The molecule has 1 fully saturated rings. The first kappa shape index (κ1) is 14.0. The zero-order chi connectivity index (χ0) is 12.9. The van der Waals surface area contributed by atoms with Crippen molar-refractivity contribution in [1.29, 1.82) is 0 Å². The van der Waals surface area contributed by atoms with Gasteiger partial charge in [0.05, 0.1) is 12.7 Å². The number of alkyl halides is 3. The van der Waals surface area contributed by atoms with Crippen molar-refractivity contribution in [2.75, 3.05) is 39.9 Å². The quantitative estimate of drug-likeness (QED) is 0.803. The summed E-state index contributed by atoms with van der Waals surface area (Å²) in [6.45, 7) is 0.528. The molecule has 100 valence electrons. The molecule has 17 heavy (non-hydrogen) atoms. The van der Waals surface area contributed by atoms with Crippen molar-refractivity contribution in [2.45, 2.75) is 12.3 Å². The average Bonchev–Trinajstić information content (AvgIpc) is 2.23. The maximum atomic E-state index is 11.7. The number of likely N-dealkylation sites (N-methyl/N-ethyl adjacent to an activating group) is 1. The minimum absolute atomic E-state index is 0.140. The fourth-order valence-corrected chi connectivity index (χ4v) is 1.39. The van der Waals surface area contributed by atoms with Crippen LogP contribution in [0.15, 0.2) is 0 Å². The van der Waals surface area contributed by atoms with Gasteiger partial charge in [0.2, 0.25) is 0 Å². The summed E-state index contributed by atoms with van der Waals surface area (Å²) in [5.74, 6) is 0. The molecule has 1 saturated heterocycles. The standard InChI is InChI=1S/C9H15F3N2O3/c1-14-2-3-16-7(5-14)4-13-8(15)17-6-9(10,11)12/h7H,2-6H2,1H3,(H,13,15). The van der Waals surface area contributed by atoms with Gasteiger partial charge in [0, 0.05) is 19.6 Å². The first-order valence-corrected chi connectivity index (χ1v) is 5.14. The zero-order valence-corrected chi connectivity index (χ0v) is 9.42. The molecule has 0 radical (unpaired) electrons. The molecule has 1 N–H and O–H groups in total. The predicted octanol–water partition coefficient (Wildman–Crippen LogP) is 0.606. The molecule has 1 aliphatic rings. The summed E-state index contributed by atoms with van der Waals surface area (Å²) in [7, 11) is 1.90. The van der Waals surface area contributed by atoms with Crippen LogP contribution in [-0.4, -0.2) is 63.2 Å². The molecule has 8 heteroatoms. The van der Waals surface area contributed by atoms with Crippen LogP contribution in [0.1, 0.15) is 0 Å². The van der Waals surface area contributed by atoms with Crippen molar-refractivity contribution in [2.24, 2.45) is 0 Å². The third-order valence-corrected chi connectivity index (χ3v) is 2.18. The number of halogens is 3. The van der Waals surface area contributed by atoms with Crippen molar-refractivity contribution in [3.05, 3.63) is 0 Å². The van der Waals surface area contributed by atoms with Gasteiger partial charge in [-0.1, -0.05) is 0 Å². The lowest BCUT2D eigenvalue weighted by Gasteiger charge is -2.29. The monoisotopic (exact) mass is 256 g/mol. The molecule has 0 aliphatic carbocycles. The molecule has 1 unspecified atom stereocenters. The molecule has 0 saturated carbocycles. The number of rotatable bonds is 3. The average molecular weight is 256 g/mol. The Balaban J connectivity index is 2.15. The van der Waals surface area contributed by atoms with Crippen LogP contribution in [0.5, 0.6) is 0 Å². The van der Waals surface area contributed by atoms with Crippen LogP contribution in [0.4, 0.5) is 18.0 Å². The molecule has 0 aromatic carbocycles. The Labute approximate surface area is 96.8 Å². The van der Waals surface area contributed by atoms with E-state index in [1.165, 1.54) is 0 Å². The van der Waals surface area contributed by atoms with Crippen molar-refractivity contribution in [3.63, 3.8) is 0 Å². The second-order valence-electron chi connectivity index (χ2n) is 3.83. The molecule has 1 heterocycles. The molecule has 1 rings (SSSR count). The van der Waals surface area contributed by atoms with Gasteiger partial charge in [0.25, 0.3) is 0 Å². The molecular weight excluding hydrogens is 241 g/mol. The molecule has 0 bridgehead atoms. The summed E-state index contributed by atoms with van der Waals surface area (Å²) in [6.07, 6.45) is -5.80. The van der Waals surface area contributed by atoms with Gasteiger partial charge in [-0.25, -0.2) is 4.79 Å². The smallest absolute Gasteiger partial charge is 0.422 e.